The second-order valence-electron chi connectivity index (χ2n) is 6.33. The maximum absolute atomic E-state index is 5.31. The van der Waals surface area contributed by atoms with Crippen LogP contribution in [-0.4, -0.2) is 22.6 Å². The van der Waals surface area contributed by atoms with Crippen LogP contribution in [0.2, 0.25) is 0 Å². The highest BCUT2D eigenvalue weighted by atomic mass is 16.3. The first-order valence-electron chi connectivity index (χ1n) is 7.15. The van der Waals surface area contributed by atoms with Gasteiger partial charge in [-0.2, -0.15) is 0 Å². The lowest BCUT2D eigenvalue weighted by molar-refractivity contribution is 0.421. The molecule has 0 amide bonds. The van der Waals surface area contributed by atoms with Gasteiger partial charge in [-0.3, -0.25) is 4.98 Å². The molecule has 2 rings (SSSR count). The zero-order chi connectivity index (χ0) is 15.5. The first kappa shape index (κ1) is 15.5. The Morgan fingerprint density at radius 2 is 2.00 bits per heavy atom. The van der Waals surface area contributed by atoms with Crippen LogP contribution >= 0.6 is 0 Å². The van der Waals surface area contributed by atoms with Crippen LogP contribution in [0.15, 0.2) is 29.1 Å². The molecular weight excluding hydrogens is 264 g/mol. The molecule has 0 radical (unpaired) electrons. The predicted octanol–water partition coefficient (Wildman–Crippen LogP) is 2.90. The van der Waals surface area contributed by atoms with Gasteiger partial charge < -0.3 is 14.6 Å². The summed E-state index contributed by atoms with van der Waals surface area (Å²) in [6, 6.07) is 1.99. The third-order valence-electron chi connectivity index (χ3n) is 3.26. The van der Waals surface area contributed by atoms with Crippen molar-refractivity contribution in [3.8, 4) is 0 Å². The third kappa shape index (κ3) is 4.56. The lowest BCUT2D eigenvalue weighted by Crippen LogP contribution is -2.35. The van der Waals surface area contributed by atoms with Crippen molar-refractivity contribution in [2.24, 2.45) is 0 Å². The summed E-state index contributed by atoms with van der Waals surface area (Å²) >= 11 is 0. The van der Waals surface area contributed by atoms with Crippen molar-refractivity contribution < 1.29 is 4.42 Å². The molecule has 0 aliphatic rings. The number of furan rings is 1. The van der Waals surface area contributed by atoms with Gasteiger partial charge in [0.05, 0.1) is 24.4 Å². The van der Waals surface area contributed by atoms with Crippen molar-refractivity contribution in [2.45, 2.75) is 46.3 Å². The number of hydrogen-bond donors (Lipinski definition) is 1. The molecule has 2 heterocycles. The van der Waals surface area contributed by atoms with Gasteiger partial charge in [0.15, 0.2) is 0 Å². The van der Waals surface area contributed by atoms with E-state index < -0.39 is 0 Å². The van der Waals surface area contributed by atoms with E-state index in [4.69, 9.17) is 4.42 Å². The summed E-state index contributed by atoms with van der Waals surface area (Å²) in [6.45, 7) is 9.86. The van der Waals surface area contributed by atoms with Crippen LogP contribution in [0.4, 0.5) is 5.82 Å². The van der Waals surface area contributed by atoms with Gasteiger partial charge in [0.1, 0.15) is 11.6 Å². The Morgan fingerprint density at radius 1 is 1.24 bits per heavy atom. The standard InChI is InChI=1S/C16H24N4O/c1-12-13(6-7-21-12)11-20(5)15-10-17-14(8-18-15)9-19-16(2,3)4/h6-8,10,19H,9,11H2,1-5H3. The quantitative estimate of drug-likeness (QED) is 0.917. The molecule has 0 aliphatic carbocycles. The van der Waals surface area contributed by atoms with Gasteiger partial charge in [0, 0.05) is 31.2 Å². The fraction of sp³-hybridized carbons (Fsp3) is 0.500. The summed E-state index contributed by atoms with van der Waals surface area (Å²) in [5.74, 6) is 1.80. The predicted molar refractivity (Wildman–Crippen MR) is 84.2 cm³/mol. The van der Waals surface area contributed by atoms with Crippen LogP contribution in [0.1, 0.15) is 37.8 Å². The lowest BCUT2D eigenvalue weighted by Gasteiger charge is -2.21. The van der Waals surface area contributed by atoms with E-state index in [9.17, 15) is 0 Å². The Morgan fingerprint density at radius 3 is 2.52 bits per heavy atom. The molecule has 0 bridgehead atoms. The van der Waals surface area contributed by atoms with E-state index in [1.54, 1.807) is 6.26 Å². The second kappa shape index (κ2) is 6.26. The molecule has 114 valence electrons. The van der Waals surface area contributed by atoms with Gasteiger partial charge in [0.25, 0.3) is 0 Å². The SMILES string of the molecule is Cc1occc1CN(C)c1cnc(CNC(C)(C)C)cn1. The summed E-state index contributed by atoms with van der Waals surface area (Å²) in [6.07, 6.45) is 5.35. The molecule has 0 aliphatic heterocycles. The minimum absolute atomic E-state index is 0.0793. The van der Waals surface area contributed by atoms with E-state index in [0.717, 1.165) is 35.9 Å². The van der Waals surface area contributed by atoms with Crippen molar-refractivity contribution in [3.05, 3.63) is 41.7 Å². The van der Waals surface area contributed by atoms with E-state index >= 15 is 0 Å². The number of nitrogens with one attached hydrogen (secondary N) is 1. The fourth-order valence-electron chi connectivity index (χ4n) is 1.90. The highest BCUT2D eigenvalue weighted by Gasteiger charge is 2.10. The van der Waals surface area contributed by atoms with E-state index in [2.05, 4.69) is 41.0 Å². The number of rotatable bonds is 5. The van der Waals surface area contributed by atoms with Crippen LogP contribution in [0, 0.1) is 6.92 Å². The largest absolute Gasteiger partial charge is 0.469 e. The molecular formula is C16H24N4O. The summed E-state index contributed by atoms with van der Waals surface area (Å²) in [4.78, 5) is 11.0. The van der Waals surface area contributed by atoms with E-state index in [0.29, 0.717) is 0 Å². The Hall–Kier alpha value is -1.88. The number of hydrogen-bond acceptors (Lipinski definition) is 5. The van der Waals surface area contributed by atoms with Crippen molar-refractivity contribution >= 4 is 5.82 Å². The van der Waals surface area contributed by atoms with Gasteiger partial charge in [-0.15, -0.1) is 0 Å². The van der Waals surface area contributed by atoms with Crippen LogP contribution in [-0.2, 0) is 13.1 Å². The Balaban J connectivity index is 1.96. The molecule has 0 saturated carbocycles. The van der Waals surface area contributed by atoms with E-state index in [1.807, 2.05) is 32.4 Å². The van der Waals surface area contributed by atoms with Crippen LogP contribution in [0.25, 0.3) is 0 Å². The molecule has 0 saturated heterocycles. The monoisotopic (exact) mass is 288 g/mol. The molecule has 0 unspecified atom stereocenters. The van der Waals surface area contributed by atoms with Crippen molar-refractivity contribution in [1.29, 1.82) is 0 Å². The molecule has 0 fully saturated rings. The van der Waals surface area contributed by atoms with Gasteiger partial charge in [-0.05, 0) is 33.8 Å². The fourth-order valence-corrected chi connectivity index (χ4v) is 1.90. The highest BCUT2D eigenvalue weighted by Crippen LogP contribution is 2.15. The zero-order valence-electron chi connectivity index (χ0n) is 13.5. The maximum atomic E-state index is 5.31. The molecule has 2 aromatic heterocycles. The topological polar surface area (TPSA) is 54.2 Å². The minimum Gasteiger partial charge on any atom is -0.469 e. The molecule has 0 atom stereocenters. The van der Waals surface area contributed by atoms with Gasteiger partial charge in [-0.25, -0.2) is 4.98 Å². The zero-order valence-corrected chi connectivity index (χ0v) is 13.5. The first-order chi connectivity index (χ1) is 9.85. The van der Waals surface area contributed by atoms with Crippen molar-refractivity contribution in [2.75, 3.05) is 11.9 Å². The average molecular weight is 288 g/mol. The molecule has 21 heavy (non-hydrogen) atoms. The molecule has 0 aromatic carbocycles. The number of aromatic nitrogens is 2. The summed E-state index contributed by atoms with van der Waals surface area (Å²) < 4.78 is 5.31. The number of nitrogens with zero attached hydrogens (tertiary/aromatic N) is 3. The lowest BCUT2D eigenvalue weighted by atomic mass is 10.1. The number of aryl methyl sites for hydroxylation is 1. The van der Waals surface area contributed by atoms with Gasteiger partial charge in [0.2, 0.25) is 0 Å². The third-order valence-corrected chi connectivity index (χ3v) is 3.26. The Bertz CT molecular complexity index is 569. The van der Waals surface area contributed by atoms with Crippen LogP contribution < -0.4 is 10.2 Å². The van der Waals surface area contributed by atoms with E-state index in [-0.39, 0.29) is 5.54 Å². The number of anilines is 1. The maximum Gasteiger partial charge on any atom is 0.147 e. The molecule has 1 N–H and O–H groups in total. The van der Waals surface area contributed by atoms with Crippen molar-refractivity contribution in [3.63, 3.8) is 0 Å². The molecule has 2 aromatic rings. The van der Waals surface area contributed by atoms with E-state index in [1.165, 1.54) is 0 Å². The molecule has 5 heteroatoms. The smallest absolute Gasteiger partial charge is 0.147 e. The van der Waals surface area contributed by atoms with Crippen molar-refractivity contribution in [1.82, 2.24) is 15.3 Å². The first-order valence-corrected chi connectivity index (χ1v) is 7.15. The average Bonchev–Trinajstić information content (AvgIpc) is 2.82. The Kier molecular flexibility index (Phi) is 4.63. The molecule has 0 spiro atoms. The van der Waals surface area contributed by atoms with Crippen LogP contribution in [0.5, 0.6) is 0 Å². The summed E-state index contributed by atoms with van der Waals surface area (Å²) in [5, 5.41) is 3.40. The summed E-state index contributed by atoms with van der Waals surface area (Å²) in [7, 11) is 2.00. The second-order valence-corrected chi connectivity index (χ2v) is 6.33. The Labute approximate surface area is 126 Å². The minimum atomic E-state index is 0.0793. The normalized spacial score (nSPS) is 11.7. The molecule has 5 nitrogen and oxygen atoms in total. The van der Waals surface area contributed by atoms with Crippen LogP contribution in [0.3, 0.4) is 0 Å². The van der Waals surface area contributed by atoms with Gasteiger partial charge in [-0.1, -0.05) is 0 Å². The highest BCUT2D eigenvalue weighted by molar-refractivity contribution is 5.36. The summed E-state index contributed by atoms with van der Waals surface area (Å²) in [5.41, 5.74) is 2.19. The van der Waals surface area contributed by atoms with Gasteiger partial charge >= 0.3 is 0 Å².